The summed E-state index contributed by atoms with van der Waals surface area (Å²) in [6, 6.07) is 13.5. The van der Waals surface area contributed by atoms with Crippen LogP contribution in [0.15, 0.2) is 42.5 Å². The Morgan fingerprint density at radius 2 is 1.95 bits per heavy atom. The maximum absolute atomic E-state index is 11.3. The van der Waals surface area contributed by atoms with Gasteiger partial charge in [0, 0.05) is 23.6 Å². The number of anilines is 3. The number of nitrogen functional groups attached to an aromatic ring is 1. The minimum Gasteiger partial charge on any atom is -0.478 e. The number of hydrogen-bond acceptors (Lipinski definition) is 3. The zero-order chi connectivity index (χ0) is 14.8. The molecule has 108 valence electrons. The molecule has 21 heavy (non-hydrogen) atoms. The van der Waals surface area contributed by atoms with Gasteiger partial charge in [0.1, 0.15) is 0 Å². The number of aryl methyl sites for hydroxylation is 1. The van der Waals surface area contributed by atoms with E-state index in [0.717, 1.165) is 37.2 Å². The molecular weight excluding hydrogens is 264 g/mol. The molecule has 0 atom stereocenters. The van der Waals surface area contributed by atoms with E-state index in [2.05, 4.69) is 17.0 Å². The Bertz CT molecular complexity index is 682. The van der Waals surface area contributed by atoms with E-state index in [0.29, 0.717) is 5.69 Å². The van der Waals surface area contributed by atoms with Crippen molar-refractivity contribution in [1.29, 1.82) is 0 Å². The minimum absolute atomic E-state index is 0.161. The summed E-state index contributed by atoms with van der Waals surface area (Å²) in [6.07, 6.45) is 3.29. The van der Waals surface area contributed by atoms with Gasteiger partial charge in [-0.15, -0.1) is 0 Å². The Morgan fingerprint density at radius 3 is 2.76 bits per heavy atom. The summed E-state index contributed by atoms with van der Waals surface area (Å²) in [5, 5.41) is 9.24. The van der Waals surface area contributed by atoms with Crippen molar-refractivity contribution in [2.45, 2.75) is 19.3 Å². The Kier molecular flexibility index (Phi) is 3.52. The van der Waals surface area contributed by atoms with Gasteiger partial charge >= 0.3 is 5.97 Å². The van der Waals surface area contributed by atoms with Crippen LogP contribution in [0, 0.1) is 0 Å². The fourth-order valence-corrected chi connectivity index (χ4v) is 2.86. The molecule has 0 bridgehead atoms. The molecule has 0 fully saturated rings. The number of aromatic carboxylic acids is 1. The zero-order valence-corrected chi connectivity index (χ0v) is 11.7. The molecule has 2 aromatic carbocycles. The number of nitrogens with two attached hydrogens (primary N) is 1. The third-order valence-corrected chi connectivity index (χ3v) is 3.94. The van der Waals surface area contributed by atoms with Crippen molar-refractivity contribution in [2.75, 3.05) is 17.2 Å². The first-order valence-electron chi connectivity index (χ1n) is 7.15. The van der Waals surface area contributed by atoms with Crippen molar-refractivity contribution in [3.8, 4) is 0 Å². The smallest absolute Gasteiger partial charge is 0.337 e. The molecule has 1 aliphatic rings. The Balaban J connectivity index is 2.08. The van der Waals surface area contributed by atoms with Crippen LogP contribution >= 0.6 is 0 Å². The first kappa shape index (κ1) is 13.5. The fourth-order valence-electron chi connectivity index (χ4n) is 2.86. The molecule has 2 aromatic rings. The number of hydrogen-bond donors (Lipinski definition) is 2. The topological polar surface area (TPSA) is 66.6 Å². The molecule has 4 heteroatoms. The van der Waals surface area contributed by atoms with Crippen molar-refractivity contribution in [2.24, 2.45) is 0 Å². The van der Waals surface area contributed by atoms with Gasteiger partial charge in [-0.1, -0.05) is 18.2 Å². The first-order chi connectivity index (χ1) is 10.2. The molecule has 0 unspecified atom stereocenters. The Labute approximate surface area is 123 Å². The quantitative estimate of drug-likeness (QED) is 0.828. The standard InChI is InChI=1S/C17H18N2O2/c18-15-9-8-13(11-14(15)17(20)21)19-10-4-3-6-12-5-1-2-7-16(12)19/h1-2,5,7-9,11H,3-4,6,10,18H2,(H,20,21). The highest BCUT2D eigenvalue weighted by Crippen LogP contribution is 2.33. The van der Waals surface area contributed by atoms with E-state index in [1.165, 1.54) is 5.56 Å². The predicted octanol–water partition coefficient (Wildman–Crippen LogP) is 3.44. The zero-order valence-electron chi connectivity index (χ0n) is 11.7. The number of carboxylic acid groups (broad SMARTS) is 1. The summed E-state index contributed by atoms with van der Waals surface area (Å²) in [5.41, 5.74) is 9.56. The van der Waals surface area contributed by atoms with E-state index >= 15 is 0 Å². The van der Waals surface area contributed by atoms with Gasteiger partial charge in [-0.2, -0.15) is 0 Å². The number of nitrogens with zero attached hydrogens (tertiary/aromatic N) is 1. The van der Waals surface area contributed by atoms with Crippen molar-refractivity contribution >= 4 is 23.0 Å². The molecule has 1 heterocycles. The van der Waals surface area contributed by atoms with Gasteiger partial charge in [0.05, 0.1) is 5.56 Å². The van der Waals surface area contributed by atoms with Gasteiger partial charge in [0.25, 0.3) is 0 Å². The van der Waals surface area contributed by atoms with Crippen LogP contribution in [0.4, 0.5) is 17.1 Å². The van der Waals surface area contributed by atoms with E-state index < -0.39 is 5.97 Å². The molecule has 4 nitrogen and oxygen atoms in total. The maximum atomic E-state index is 11.3. The highest BCUT2D eigenvalue weighted by atomic mass is 16.4. The molecule has 0 spiro atoms. The molecule has 0 radical (unpaired) electrons. The fraction of sp³-hybridized carbons (Fsp3) is 0.235. The van der Waals surface area contributed by atoms with Gasteiger partial charge in [0.2, 0.25) is 0 Å². The Hall–Kier alpha value is -2.49. The van der Waals surface area contributed by atoms with Gasteiger partial charge in [-0.3, -0.25) is 0 Å². The van der Waals surface area contributed by atoms with E-state index in [9.17, 15) is 9.90 Å². The van der Waals surface area contributed by atoms with Crippen LogP contribution in [0.5, 0.6) is 0 Å². The number of fused-ring (bicyclic) bond motifs is 1. The lowest BCUT2D eigenvalue weighted by Gasteiger charge is -2.25. The van der Waals surface area contributed by atoms with Crippen LogP contribution in [-0.2, 0) is 6.42 Å². The maximum Gasteiger partial charge on any atom is 0.337 e. The molecule has 0 amide bonds. The second-order valence-corrected chi connectivity index (χ2v) is 5.31. The number of carboxylic acids is 1. The lowest BCUT2D eigenvalue weighted by molar-refractivity contribution is 0.0698. The van der Waals surface area contributed by atoms with Crippen LogP contribution in [0.3, 0.4) is 0 Å². The van der Waals surface area contributed by atoms with E-state index in [1.807, 2.05) is 18.2 Å². The highest BCUT2D eigenvalue weighted by Gasteiger charge is 2.18. The van der Waals surface area contributed by atoms with Crippen molar-refractivity contribution in [3.05, 3.63) is 53.6 Å². The number of carbonyl (C=O) groups is 1. The van der Waals surface area contributed by atoms with Gasteiger partial charge in [-0.05, 0) is 49.1 Å². The largest absolute Gasteiger partial charge is 0.478 e. The third kappa shape index (κ3) is 2.57. The first-order valence-corrected chi connectivity index (χ1v) is 7.15. The van der Waals surface area contributed by atoms with Gasteiger partial charge < -0.3 is 15.7 Å². The summed E-state index contributed by atoms with van der Waals surface area (Å²) < 4.78 is 0. The number of para-hydroxylation sites is 1. The summed E-state index contributed by atoms with van der Waals surface area (Å²) in [4.78, 5) is 13.5. The van der Waals surface area contributed by atoms with Crippen LogP contribution < -0.4 is 10.6 Å². The molecule has 3 N–H and O–H groups in total. The van der Waals surface area contributed by atoms with E-state index in [4.69, 9.17) is 5.73 Å². The molecule has 1 aliphatic heterocycles. The minimum atomic E-state index is -0.988. The van der Waals surface area contributed by atoms with E-state index in [-0.39, 0.29) is 5.56 Å². The van der Waals surface area contributed by atoms with Crippen molar-refractivity contribution < 1.29 is 9.90 Å². The lowest BCUT2D eigenvalue weighted by Crippen LogP contribution is -2.18. The second kappa shape index (κ2) is 5.48. The monoisotopic (exact) mass is 282 g/mol. The third-order valence-electron chi connectivity index (χ3n) is 3.94. The summed E-state index contributed by atoms with van der Waals surface area (Å²) in [7, 11) is 0. The molecule has 0 aliphatic carbocycles. The van der Waals surface area contributed by atoms with Crippen molar-refractivity contribution in [1.82, 2.24) is 0 Å². The SMILES string of the molecule is Nc1ccc(N2CCCCc3ccccc32)cc1C(=O)O. The molecule has 0 saturated carbocycles. The average Bonchev–Trinajstić information content (AvgIpc) is 2.70. The lowest BCUT2D eigenvalue weighted by atomic mass is 10.1. The second-order valence-electron chi connectivity index (χ2n) is 5.31. The normalized spacial score (nSPS) is 14.4. The predicted molar refractivity (Wildman–Crippen MR) is 84.2 cm³/mol. The molecule has 0 saturated heterocycles. The molecular formula is C17H18N2O2. The highest BCUT2D eigenvalue weighted by molar-refractivity contribution is 5.95. The van der Waals surface area contributed by atoms with Crippen LogP contribution in [0.2, 0.25) is 0 Å². The van der Waals surface area contributed by atoms with E-state index in [1.54, 1.807) is 12.1 Å². The number of benzene rings is 2. The average molecular weight is 282 g/mol. The van der Waals surface area contributed by atoms with Crippen LogP contribution in [-0.4, -0.2) is 17.6 Å². The Morgan fingerprint density at radius 1 is 1.14 bits per heavy atom. The summed E-state index contributed by atoms with van der Waals surface area (Å²) in [6.45, 7) is 0.889. The van der Waals surface area contributed by atoms with Crippen molar-refractivity contribution in [3.63, 3.8) is 0 Å². The van der Waals surface area contributed by atoms with Crippen LogP contribution in [0.1, 0.15) is 28.8 Å². The molecule has 0 aromatic heterocycles. The summed E-state index contributed by atoms with van der Waals surface area (Å²) >= 11 is 0. The number of rotatable bonds is 2. The molecule has 3 rings (SSSR count). The summed E-state index contributed by atoms with van der Waals surface area (Å²) in [5.74, 6) is -0.988. The van der Waals surface area contributed by atoms with Gasteiger partial charge in [0.15, 0.2) is 0 Å². The van der Waals surface area contributed by atoms with Crippen LogP contribution in [0.25, 0.3) is 0 Å². The van der Waals surface area contributed by atoms with Gasteiger partial charge in [-0.25, -0.2) is 4.79 Å².